The van der Waals surface area contributed by atoms with Crippen LogP contribution in [0.5, 0.6) is 0 Å². The second-order valence-corrected chi connectivity index (χ2v) is 26.0. The number of hydrogen-bond acceptors (Lipinski definition) is 5. The van der Waals surface area contributed by atoms with Crippen molar-refractivity contribution in [1.82, 2.24) is 5.32 Å². The molecule has 0 saturated carbocycles. The van der Waals surface area contributed by atoms with Gasteiger partial charge in [-0.3, -0.25) is 13.8 Å². The fraction of sp³-hybridized carbons (Fsp3) is 0.633. The van der Waals surface area contributed by atoms with E-state index in [0.29, 0.717) is 17.4 Å². The topological polar surface area (TPSA) is 105 Å². The van der Waals surface area contributed by atoms with Crippen LogP contribution in [-0.4, -0.2) is 73.4 Å². The number of rotatable bonds is 63. The fourth-order valence-electron chi connectivity index (χ4n) is 9.43. The van der Waals surface area contributed by atoms with E-state index in [9.17, 15) is 19.4 Å². The zero-order valence-corrected chi connectivity index (χ0v) is 58.0. The zero-order valence-electron chi connectivity index (χ0n) is 57.1. The maximum absolute atomic E-state index is 13.0. The number of likely N-dealkylation sites (N-methyl/N-ethyl adjacent to an activating group) is 1. The number of carbonyl (C=O) groups is 1. The van der Waals surface area contributed by atoms with Gasteiger partial charge in [-0.25, -0.2) is 4.57 Å². The van der Waals surface area contributed by atoms with E-state index in [4.69, 9.17) is 9.05 Å². The number of carbonyl (C=O) groups excluding carboxylic acids is 1. The molecule has 0 bridgehead atoms. The number of amides is 1. The lowest BCUT2D eigenvalue weighted by Gasteiger charge is -2.25. The Morgan fingerprint density at radius 3 is 1.05 bits per heavy atom. The summed E-state index contributed by atoms with van der Waals surface area (Å²) in [7, 11) is 1.52. The number of allylic oxidation sites excluding steroid dienone is 27. The fourth-order valence-corrected chi connectivity index (χ4v) is 10.2. The molecule has 8 nitrogen and oxygen atoms in total. The van der Waals surface area contributed by atoms with Crippen LogP contribution in [0.1, 0.15) is 271 Å². The van der Waals surface area contributed by atoms with Gasteiger partial charge in [-0.15, -0.1) is 0 Å². The molecule has 88 heavy (non-hydrogen) atoms. The first-order valence-corrected chi connectivity index (χ1v) is 37.0. The van der Waals surface area contributed by atoms with Gasteiger partial charge in [-0.1, -0.05) is 306 Å². The molecule has 500 valence electrons. The summed E-state index contributed by atoms with van der Waals surface area (Å²) < 4.78 is 23.8. The van der Waals surface area contributed by atoms with Gasteiger partial charge in [0.25, 0.3) is 0 Å². The van der Waals surface area contributed by atoms with Crippen molar-refractivity contribution in [1.29, 1.82) is 0 Å². The van der Waals surface area contributed by atoms with Crippen molar-refractivity contribution in [2.45, 2.75) is 283 Å². The molecular formula is C79H134N2O6P+. The maximum Gasteiger partial charge on any atom is 0.472 e. The number of aliphatic hydroxyl groups is 1. The molecule has 0 saturated heterocycles. The molecule has 1 amide bonds. The van der Waals surface area contributed by atoms with Crippen LogP contribution in [0.4, 0.5) is 0 Å². The lowest BCUT2D eigenvalue weighted by molar-refractivity contribution is -0.870. The number of quaternary nitrogens is 1. The summed E-state index contributed by atoms with van der Waals surface area (Å²) in [5.74, 6) is -0.208. The third kappa shape index (κ3) is 69.3. The van der Waals surface area contributed by atoms with Crippen LogP contribution in [-0.2, 0) is 18.4 Å². The van der Waals surface area contributed by atoms with Gasteiger partial charge < -0.3 is 19.8 Å². The van der Waals surface area contributed by atoms with Crippen molar-refractivity contribution in [3.63, 3.8) is 0 Å². The van der Waals surface area contributed by atoms with Crippen LogP contribution in [0.25, 0.3) is 0 Å². The predicted molar refractivity (Wildman–Crippen MR) is 387 cm³/mol. The Morgan fingerprint density at radius 1 is 0.398 bits per heavy atom. The molecular weight excluding hydrogens is 1100 g/mol. The van der Waals surface area contributed by atoms with Gasteiger partial charge in [-0.2, -0.15) is 0 Å². The molecule has 0 rings (SSSR count). The smallest absolute Gasteiger partial charge is 0.387 e. The van der Waals surface area contributed by atoms with Crippen molar-refractivity contribution >= 4 is 13.7 Å². The third-order valence-electron chi connectivity index (χ3n) is 14.9. The summed E-state index contributed by atoms with van der Waals surface area (Å²) >= 11 is 0. The van der Waals surface area contributed by atoms with E-state index in [1.807, 2.05) is 27.2 Å². The highest BCUT2D eigenvalue weighted by Gasteiger charge is 2.28. The van der Waals surface area contributed by atoms with Crippen LogP contribution in [0, 0.1) is 0 Å². The van der Waals surface area contributed by atoms with Gasteiger partial charge in [-0.05, 0) is 128 Å². The Hall–Kier alpha value is -4.14. The van der Waals surface area contributed by atoms with Gasteiger partial charge in [0.1, 0.15) is 13.2 Å². The molecule has 3 atom stereocenters. The van der Waals surface area contributed by atoms with Crippen LogP contribution in [0.3, 0.4) is 0 Å². The predicted octanol–water partition coefficient (Wildman–Crippen LogP) is 23.1. The normalized spacial score (nSPS) is 14.7. The van der Waals surface area contributed by atoms with Gasteiger partial charge in [0.05, 0.1) is 39.9 Å². The molecule has 9 heteroatoms. The summed E-state index contributed by atoms with van der Waals surface area (Å²) in [6, 6.07) is -0.890. The average molecular weight is 1240 g/mol. The highest BCUT2D eigenvalue weighted by molar-refractivity contribution is 7.47. The molecule has 0 aliphatic carbocycles. The molecule has 0 spiro atoms. The Balaban J connectivity index is 4.22. The van der Waals surface area contributed by atoms with E-state index in [2.05, 4.69) is 177 Å². The third-order valence-corrected chi connectivity index (χ3v) is 15.9. The van der Waals surface area contributed by atoms with Crippen LogP contribution in [0.15, 0.2) is 170 Å². The van der Waals surface area contributed by atoms with Crippen molar-refractivity contribution < 1.29 is 32.9 Å². The average Bonchev–Trinajstić information content (AvgIpc) is 3.71. The molecule has 0 aliphatic rings. The molecule has 0 aromatic heterocycles. The first kappa shape index (κ1) is 83.9. The van der Waals surface area contributed by atoms with E-state index >= 15 is 0 Å². The van der Waals surface area contributed by atoms with E-state index in [0.717, 1.165) is 128 Å². The second kappa shape index (κ2) is 67.3. The largest absolute Gasteiger partial charge is 0.472 e. The molecule has 0 aliphatic heterocycles. The lowest BCUT2D eigenvalue weighted by Crippen LogP contribution is -2.45. The number of phosphoric acid groups is 1. The minimum Gasteiger partial charge on any atom is -0.387 e. The quantitative estimate of drug-likeness (QED) is 0.0243. The number of hydrogen-bond donors (Lipinski definition) is 3. The van der Waals surface area contributed by atoms with Crippen LogP contribution >= 0.6 is 7.82 Å². The molecule has 0 aromatic carbocycles. The van der Waals surface area contributed by atoms with Crippen molar-refractivity contribution in [3.8, 4) is 0 Å². The van der Waals surface area contributed by atoms with E-state index < -0.39 is 20.0 Å². The number of unbranched alkanes of at least 4 members (excludes halogenated alkanes) is 24. The highest BCUT2D eigenvalue weighted by atomic mass is 31.2. The highest BCUT2D eigenvalue weighted by Crippen LogP contribution is 2.43. The molecule has 0 heterocycles. The Morgan fingerprint density at radius 2 is 0.693 bits per heavy atom. The molecule has 0 fully saturated rings. The standard InChI is InChI=1S/C79H133N2O6P/c1-6-8-10-12-14-16-18-20-22-24-26-28-30-32-33-34-35-36-37-38-39-40-41-42-43-44-45-46-47-49-51-53-55-57-59-61-63-65-67-69-71-73-79(83)80-77(76-87-88(84,85)86-75-74-81(3,4)5)78(82)72-70-68-66-64-62-60-58-56-54-52-50-48-31-29-27-25-23-21-19-17-15-13-11-9-7-2/h8,10,14,16,20,22,26,28,32-33,35-36,38-39,41-42,44-45,47,49,53-56,62,64,70,72,77-78,82H,6-7,9,11-13,15,17-19,21,23-25,27,29-31,34,37,40,43,46,48,50-52,57-61,63,65-69,71,73-76H2,1-5H3,(H-,80,83,84,85)/p+1/b10-8-,16-14-,22-20-,28-26-,33-32-,36-35-,39-38-,42-41-,45-44-,49-47-,55-53-,56-54+,64-62+,72-70+. The first-order chi connectivity index (χ1) is 43.0. The zero-order chi connectivity index (χ0) is 64.1. The molecule has 0 radical (unpaired) electrons. The Labute approximate surface area is 543 Å². The molecule has 3 unspecified atom stereocenters. The number of nitrogens with zero attached hydrogens (tertiary/aromatic N) is 1. The summed E-state index contributed by atoms with van der Waals surface area (Å²) in [4.78, 5) is 23.4. The van der Waals surface area contributed by atoms with Gasteiger partial charge in [0.2, 0.25) is 5.91 Å². The van der Waals surface area contributed by atoms with E-state index in [-0.39, 0.29) is 19.1 Å². The molecule has 0 aromatic rings. The van der Waals surface area contributed by atoms with Crippen molar-refractivity contribution in [2.24, 2.45) is 0 Å². The monoisotopic (exact) mass is 1240 g/mol. The molecule has 3 N–H and O–H groups in total. The van der Waals surface area contributed by atoms with E-state index in [1.54, 1.807) is 6.08 Å². The van der Waals surface area contributed by atoms with Crippen LogP contribution < -0.4 is 5.32 Å². The number of aliphatic hydroxyl groups excluding tert-OH is 1. The minimum atomic E-state index is -4.38. The SMILES string of the molecule is CC/C=C\C/C=C\C/C=C\C/C=C\C/C=C\C/C=C\C/C=C\C/C=C\C/C=C\C/C=C\C/C=C\CCCCCCCCCC(=O)NC(COP(=O)(O)OCC[N+](C)(C)C)C(O)/C=C/CC/C=C/CC/C=C/CCCCCCCCCCCCCCCCC. The number of nitrogens with one attached hydrogen (secondary N) is 1. The summed E-state index contributed by atoms with van der Waals surface area (Å²) in [5.41, 5.74) is 0. The summed E-state index contributed by atoms with van der Waals surface area (Å²) in [6.07, 6.45) is 106. The Bertz CT molecular complexity index is 2040. The van der Waals surface area contributed by atoms with Gasteiger partial charge >= 0.3 is 7.82 Å². The van der Waals surface area contributed by atoms with Crippen LogP contribution in [0.2, 0.25) is 0 Å². The van der Waals surface area contributed by atoms with Crippen molar-refractivity contribution in [3.05, 3.63) is 170 Å². The van der Waals surface area contributed by atoms with E-state index in [1.165, 1.54) is 122 Å². The summed E-state index contributed by atoms with van der Waals surface area (Å²) in [6.45, 7) is 4.66. The van der Waals surface area contributed by atoms with Gasteiger partial charge in [0.15, 0.2) is 0 Å². The van der Waals surface area contributed by atoms with Crippen molar-refractivity contribution in [2.75, 3.05) is 40.9 Å². The van der Waals surface area contributed by atoms with Gasteiger partial charge in [0, 0.05) is 6.42 Å². The number of phosphoric ester groups is 1. The Kier molecular flexibility index (Phi) is 64.1. The second-order valence-electron chi connectivity index (χ2n) is 24.5. The maximum atomic E-state index is 13.0. The summed E-state index contributed by atoms with van der Waals surface area (Å²) in [5, 5.41) is 14.0. The lowest BCUT2D eigenvalue weighted by atomic mass is 10.0. The first-order valence-electron chi connectivity index (χ1n) is 35.5. The minimum absolute atomic E-state index is 0.0426.